The lowest BCUT2D eigenvalue weighted by Crippen LogP contribution is -2.45. The number of halogens is 1. The van der Waals surface area contributed by atoms with Gasteiger partial charge in [-0.25, -0.2) is 4.98 Å². The summed E-state index contributed by atoms with van der Waals surface area (Å²) < 4.78 is 0. The van der Waals surface area contributed by atoms with Crippen LogP contribution in [-0.4, -0.2) is 23.6 Å². The molecule has 28 heavy (non-hydrogen) atoms. The van der Waals surface area contributed by atoms with Crippen LogP contribution >= 0.6 is 11.6 Å². The fourth-order valence-corrected chi connectivity index (χ4v) is 4.75. The molecule has 1 unspecified atom stereocenters. The van der Waals surface area contributed by atoms with E-state index in [9.17, 15) is 4.79 Å². The van der Waals surface area contributed by atoms with E-state index in [-0.39, 0.29) is 12.1 Å². The van der Waals surface area contributed by atoms with Gasteiger partial charge in [0.1, 0.15) is 5.82 Å². The van der Waals surface area contributed by atoms with Gasteiger partial charge in [-0.15, -0.1) is 0 Å². The van der Waals surface area contributed by atoms with Crippen LogP contribution < -0.4 is 16.0 Å². The lowest BCUT2D eigenvalue weighted by atomic mass is 9.87. The molecule has 0 bridgehead atoms. The number of hydrogen-bond donors (Lipinski definition) is 2. The molecule has 2 fully saturated rings. The highest BCUT2D eigenvalue weighted by atomic mass is 35.5. The number of anilines is 2. The summed E-state index contributed by atoms with van der Waals surface area (Å²) in [7, 11) is 0. The number of nitrogens with zero attached hydrogens (tertiary/aromatic N) is 2. The second kappa shape index (κ2) is 8.66. The molecule has 0 spiro atoms. The molecule has 0 radical (unpaired) electrons. The third-order valence-electron chi connectivity index (χ3n) is 6.11. The summed E-state index contributed by atoms with van der Waals surface area (Å²) in [6.45, 7) is 0.929. The van der Waals surface area contributed by atoms with Crippen LogP contribution in [0.1, 0.15) is 57.8 Å². The van der Waals surface area contributed by atoms with Crippen molar-refractivity contribution in [3.8, 4) is 0 Å². The molecule has 2 aliphatic rings. The molecular weight excluding hydrogens is 372 g/mol. The maximum Gasteiger partial charge on any atom is 0.224 e. The standard InChI is InChI=1S/C22H29ClN4O/c23-17-10-11-18-16(9-12-20(25-18)27-13-5-4-8-19(27)24)22(17)26-21(28)14-15-6-2-1-3-7-15/h9-12,15,19H,1-8,13-14,24H2,(H,26,28). The molecule has 1 aromatic heterocycles. The van der Waals surface area contributed by atoms with E-state index in [1.807, 2.05) is 24.3 Å². The number of amides is 1. The number of benzene rings is 1. The molecule has 2 heterocycles. The average Bonchev–Trinajstić information content (AvgIpc) is 2.71. The number of nitrogens with two attached hydrogens (primary N) is 1. The van der Waals surface area contributed by atoms with Gasteiger partial charge in [0, 0.05) is 18.4 Å². The first-order valence-electron chi connectivity index (χ1n) is 10.5. The Morgan fingerprint density at radius 3 is 2.68 bits per heavy atom. The van der Waals surface area contributed by atoms with Gasteiger partial charge >= 0.3 is 0 Å². The molecular formula is C22H29ClN4O. The van der Waals surface area contributed by atoms with Crippen molar-refractivity contribution in [3.63, 3.8) is 0 Å². The summed E-state index contributed by atoms with van der Waals surface area (Å²) in [6, 6.07) is 7.71. The van der Waals surface area contributed by atoms with Crippen LogP contribution in [0.15, 0.2) is 24.3 Å². The summed E-state index contributed by atoms with van der Waals surface area (Å²) in [4.78, 5) is 19.6. The monoisotopic (exact) mass is 400 g/mol. The van der Waals surface area contributed by atoms with E-state index in [2.05, 4.69) is 10.2 Å². The fourth-order valence-electron chi connectivity index (χ4n) is 4.54. The molecule has 3 N–H and O–H groups in total. The number of fused-ring (bicyclic) bond motifs is 1. The Labute approximate surface area is 171 Å². The van der Waals surface area contributed by atoms with Crippen LogP contribution in [0, 0.1) is 5.92 Å². The molecule has 5 nitrogen and oxygen atoms in total. The number of carbonyl (C=O) groups excluding carboxylic acids is 1. The second-order valence-electron chi connectivity index (χ2n) is 8.17. The second-order valence-corrected chi connectivity index (χ2v) is 8.58. The Hall–Kier alpha value is -1.85. The van der Waals surface area contributed by atoms with Gasteiger partial charge in [0.25, 0.3) is 0 Å². The highest BCUT2D eigenvalue weighted by molar-refractivity contribution is 6.35. The Morgan fingerprint density at radius 1 is 1.11 bits per heavy atom. The van der Waals surface area contributed by atoms with E-state index in [1.54, 1.807) is 0 Å². The molecule has 1 saturated heterocycles. The first-order valence-corrected chi connectivity index (χ1v) is 10.9. The zero-order chi connectivity index (χ0) is 19.5. The Bertz CT molecular complexity index is 850. The maximum absolute atomic E-state index is 12.6. The molecule has 1 amide bonds. The molecule has 1 aliphatic heterocycles. The van der Waals surface area contributed by atoms with Gasteiger partial charge in [-0.05, 0) is 62.3 Å². The minimum atomic E-state index is 0.0145. The summed E-state index contributed by atoms with van der Waals surface area (Å²) in [5, 5.41) is 4.48. The van der Waals surface area contributed by atoms with Gasteiger partial charge < -0.3 is 16.0 Å². The smallest absolute Gasteiger partial charge is 0.224 e. The highest BCUT2D eigenvalue weighted by Crippen LogP contribution is 2.33. The fraction of sp³-hybridized carbons (Fsp3) is 0.545. The van der Waals surface area contributed by atoms with Gasteiger partial charge in [-0.2, -0.15) is 0 Å². The van der Waals surface area contributed by atoms with Gasteiger partial charge in [-0.1, -0.05) is 30.9 Å². The quantitative estimate of drug-likeness (QED) is 0.751. The minimum absolute atomic E-state index is 0.0145. The predicted octanol–water partition coefficient (Wildman–Crippen LogP) is 5.07. The van der Waals surface area contributed by atoms with Crippen molar-refractivity contribution in [2.24, 2.45) is 11.7 Å². The Kier molecular flexibility index (Phi) is 6.02. The third-order valence-corrected chi connectivity index (χ3v) is 6.43. The summed E-state index contributed by atoms with van der Waals surface area (Å²) >= 11 is 6.43. The van der Waals surface area contributed by atoms with Crippen molar-refractivity contribution in [1.29, 1.82) is 0 Å². The molecule has 1 atom stereocenters. The van der Waals surface area contributed by atoms with E-state index in [0.29, 0.717) is 23.0 Å². The molecule has 6 heteroatoms. The number of nitrogens with one attached hydrogen (secondary N) is 1. The van der Waals surface area contributed by atoms with Crippen molar-refractivity contribution in [2.45, 2.75) is 64.0 Å². The van der Waals surface area contributed by atoms with Gasteiger partial charge in [0.2, 0.25) is 5.91 Å². The van der Waals surface area contributed by atoms with Gasteiger partial charge in [0.05, 0.1) is 22.4 Å². The maximum atomic E-state index is 12.6. The van der Waals surface area contributed by atoms with Crippen LogP contribution in [-0.2, 0) is 4.79 Å². The zero-order valence-corrected chi connectivity index (χ0v) is 17.0. The summed E-state index contributed by atoms with van der Waals surface area (Å²) in [6.07, 6.45) is 9.94. The number of aromatic nitrogens is 1. The van der Waals surface area contributed by atoms with E-state index in [1.165, 1.54) is 19.3 Å². The average molecular weight is 401 g/mol. The molecule has 1 aromatic carbocycles. The van der Waals surface area contributed by atoms with Gasteiger partial charge in [-0.3, -0.25) is 4.79 Å². The minimum Gasteiger partial charge on any atom is -0.341 e. The van der Waals surface area contributed by atoms with Crippen molar-refractivity contribution in [1.82, 2.24) is 4.98 Å². The van der Waals surface area contributed by atoms with Crippen LogP contribution in [0.3, 0.4) is 0 Å². The normalized spacial score (nSPS) is 21.1. The topological polar surface area (TPSA) is 71.2 Å². The first kappa shape index (κ1) is 19.5. The molecule has 150 valence electrons. The van der Waals surface area contributed by atoms with Crippen molar-refractivity contribution >= 4 is 39.9 Å². The molecule has 2 aromatic rings. The zero-order valence-electron chi connectivity index (χ0n) is 16.3. The van der Waals surface area contributed by atoms with Crippen molar-refractivity contribution in [2.75, 3.05) is 16.8 Å². The largest absolute Gasteiger partial charge is 0.341 e. The lowest BCUT2D eigenvalue weighted by Gasteiger charge is -2.34. The van der Waals surface area contributed by atoms with Crippen molar-refractivity contribution in [3.05, 3.63) is 29.3 Å². The number of hydrogen-bond acceptors (Lipinski definition) is 4. The van der Waals surface area contributed by atoms with E-state index in [4.69, 9.17) is 22.3 Å². The Morgan fingerprint density at radius 2 is 1.89 bits per heavy atom. The highest BCUT2D eigenvalue weighted by Gasteiger charge is 2.22. The Balaban J connectivity index is 1.55. The number of carbonyl (C=O) groups is 1. The van der Waals surface area contributed by atoms with Crippen LogP contribution in [0.25, 0.3) is 10.9 Å². The lowest BCUT2D eigenvalue weighted by molar-refractivity contribution is -0.117. The first-order chi connectivity index (χ1) is 13.6. The number of piperidine rings is 1. The number of pyridine rings is 1. The molecule has 1 aliphatic carbocycles. The van der Waals surface area contributed by atoms with E-state index >= 15 is 0 Å². The van der Waals surface area contributed by atoms with Gasteiger partial charge in [0.15, 0.2) is 0 Å². The molecule has 1 saturated carbocycles. The van der Waals surface area contributed by atoms with Crippen molar-refractivity contribution < 1.29 is 4.79 Å². The third kappa shape index (κ3) is 4.26. The predicted molar refractivity (Wildman–Crippen MR) is 116 cm³/mol. The number of rotatable bonds is 4. The van der Waals surface area contributed by atoms with E-state index in [0.717, 1.165) is 55.4 Å². The molecule has 4 rings (SSSR count). The van der Waals surface area contributed by atoms with Crippen LogP contribution in [0.5, 0.6) is 0 Å². The summed E-state index contributed by atoms with van der Waals surface area (Å²) in [5.41, 5.74) is 7.77. The van der Waals surface area contributed by atoms with E-state index < -0.39 is 0 Å². The summed E-state index contributed by atoms with van der Waals surface area (Å²) in [5.74, 6) is 1.43. The SMILES string of the molecule is NC1CCCCN1c1ccc2c(NC(=O)CC3CCCCC3)c(Cl)ccc2n1. The van der Waals surface area contributed by atoms with Crippen LogP contribution in [0.2, 0.25) is 5.02 Å². The van der Waals surface area contributed by atoms with Crippen LogP contribution in [0.4, 0.5) is 11.5 Å².